The summed E-state index contributed by atoms with van der Waals surface area (Å²) in [5.41, 5.74) is 2.40. The van der Waals surface area contributed by atoms with Crippen molar-refractivity contribution in [1.82, 2.24) is 9.80 Å². The van der Waals surface area contributed by atoms with Gasteiger partial charge in [-0.1, -0.05) is 30.3 Å². The molecule has 202 valence electrons. The number of ether oxygens (including phenoxy) is 1. The number of anilines is 2. The van der Waals surface area contributed by atoms with Gasteiger partial charge in [-0.2, -0.15) is 0 Å². The van der Waals surface area contributed by atoms with Gasteiger partial charge in [0, 0.05) is 45.0 Å². The normalized spacial score (nSPS) is 19.4. The molecule has 0 N–H and O–H groups in total. The molecule has 0 aromatic heterocycles. The minimum absolute atomic E-state index is 0.110. The summed E-state index contributed by atoms with van der Waals surface area (Å²) in [5.74, 6) is 1.29. The van der Waals surface area contributed by atoms with E-state index in [0.29, 0.717) is 30.8 Å². The van der Waals surface area contributed by atoms with Gasteiger partial charge in [-0.15, -0.1) is 0 Å². The zero-order valence-corrected chi connectivity index (χ0v) is 22.6. The molecule has 3 aliphatic heterocycles. The van der Waals surface area contributed by atoms with E-state index in [9.17, 15) is 9.59 Å². The second-order valence-electron chi connectivity index (χ2n) is 10.7. The molecule has 3 fully saturated rings. The number of hydrogen-bond donors (Lipinski definition) is 0. The first-order chi connectivity index (χ1) is 19.1. The third kappa shape index (κ3) is 4.87. The molecule has 0 aliphatic carbocycles. The molecule has 3 saturated heterocycles. The van der Waals surface area contributed by atoms with Crippen LogP contribution in [0.15, 0.2) is 78.9 Å². The molecule has 3 aromatic rings. The van der Waals surface area contributed by atoms with E-state index in [0.717, 1.165) is 38.5 Å². The molecule has 0 unspecified atom stereocenters. The van der Waals surface area contributed by atoms with E-state index < -0.39 is 5.54 Å². The summed E-state index contributed by atoms with van der Waals surface area (Å²) in [4.78, 5) is 35.4. The van der Waals surface area contributed by atoms with Gasteiger partial charge in [-0.05, 0) is 86.7 Å². The molecule has 0 saturated carbocycles. The fourth-order valence-electron chi connectivity index (χ4n) is 6.28. The lowest BCUT2D eigenvalue weighted by molar-refractivity contribution is -0.127. The van der Waals surface area contributed by atoms with Crippen molar-refractivity contribution in [2.75, 3.05) is 42.5 Å². The highest BCUT2D eigenvalue weighted by Crippen LogP contribution is 2.40. The van der Waals surface area contributed by atoms with Crippen LogP contribution >= 0.6 is 0 Å². The first kappa shape index (κ1) is 25.4. The van der Waals surface area contributed by atoms with E-state index >= 15 is 0 Å². The van der Waals surface area contributed by atoms with Gasteiger partial charge in [-0.25, -0.2) is 9.69 Å². The number of likely N-dealkylation sites (N-methyl/N-ethyl adjacent to an activating group) is 1. The van der Waals surface area contributed by atoms with Gasteiger partial charge >= 0.3 is 6.03 Å². The van der Waals surface area contributed by atoms with Crippen molar-refractivity contribution in [2.45, 2.75) is 44.7 Å². The van der Waals surface area contributed by atoms with Crippen LogP contribution in [0.1, 0.15) is 38.2 Å². The maximum atomic E-state index is 13.9. The first-order valence-corrected chi connectivity index (χ1v) is 14.1. The van der Waals surface area contributed by atoms with E-state index in [1.54, 1.807) is 17.0 Å². The molecular weight excluding hydrogens is 488 g/mol. The van der Waals surface area contributed by atoms with Crippen molar-refractivity contribution in [3.8, 4) is 11.5 Å². The number of likely N-dealkylation sites (tertiary alicyclic amines) is 1. The molecule has 0 atom stereocenters. The van der Waals surface area contributed by atoms with Gasteiger partial charge in [-0.3, -0.25) is 9.69 Å². The molecular formula is C32H36N4O3. The Balaban J connectivity index is 1.12. The Kier molecular flexibility index (Phi) is 7.00. The Bertz CT molecular complexity index is 1300. The van der Waals surface area contributed by atoms with Gasteiger partial charge in [0.05, 0.1) is 5.69 Å². The van der Waals surface area contributed by atoms with Crippen LogP contribution in [0.2, 0.25) is 0 Å². The summed E-state index contributed by atoms with van der Waals surface area (Å²) >= 11 is 0. The third-order valence-electron chi connectivity index (χ3n) is 8.43. The highest BCUT2D eigenvalue weighted by molar-refractivity contribution is 6.23. The topological polar surface area (TPSA) is 56.3 Å². The number of carbonyl (C=O) groups excluding carboxylic acids is 2. The average molecular weight is 525 g/mol. The minimum atomic E-state index is -0.777. The fourth-order valence-corrected chi connectivity index (χ4v) is 6.28. The van der Waals surface area contributed by atoms with Crippen LogP contribution in [0.3, 0.4) is 0 Å². The highest BCUT2D eigenvalue weighted by atomic mass is 16.5. The largest absolute Gasteiger partial charge is 0.457 e. The van der Waals surface area contributed by atoms with E-state index in [1.165, 1.54) is 29.0 Å². The first-order valence-electron chi connectivity index (χ1n) is 14.1. The summed E-state index contributed by atoms with van der Waals surface area (Å²) in [6.45, 7) is 7.18. The number of carbonyl (C=O) groups is 2. The summed E-state index contributed by atoms with van der Waals surface area (Å²) in [7, 11) is 0. The van der Waals surface area contributed by atoms with Crippen molar-refractivity contribution in [3.05, 3.63) is 84.4 Å². The van der Waals surface area contributed by atoms with Crippen LogP contribution in [0.25, 0.3) is 0 Å². The number of rotatable bonds is 7. The lowest BCUT2D eigenvalue weighted by Crippen LogP contribution is -2.56. The molecule has 3 aromatic carbocycles. The van der Waals surface area contributed by atoms with E-state index in [1.807, 2.05) is 49.4 Å². The van der Waals surface area contributed by atoms with Crippen molar-refractivity contribution < 1.29 is 14.3 Å². The number of para-hydroxylation sites is 1. The lowest BCUT2D eigenvalue weighted by atomic mass is 9.85. The number of piperidine rings is 1. The van der Waals surface area contributed by atoms with Gasteiger partial charge in [0.2, 0.25) is 0 Å². The number of urea groups is 1. The van der Waals surface area contributed by atoms with E-state index in [2.05, 4.69) is 34.1 Å². The fraction of sp³-hybridized carbons (Fsp3) is 0.375. The number of benzene rings is 3. The standard InChI is InChI=1S/C32H36N4O3/c1-2-35-31(38)36(27-14-16-29(17-15-27)39-28-8-4-3-5-9-28)30(37)32(35)18-22-33(23-19-32)24-25-10-12-26(13-11-25)34-20-6-7-21-34/h3-5,8-17H,2,6-7,18-24H2,1H3. The molecule has 0 radical (unpaired) electrons. The van der Waals surface area contributed by atoms with Crippen LogP contribution in [0.5, 0.6) is 11.5 Å². The summed E-state index contributed by atoms with van der Waals surface area (Å²) in [6, 6.07) is 25.4. The maximum absolute atomic E-state index is 13.9. The second-order valence-corrected chi connectivity index (χ2v) is 10.7. The van der Waals surface area contributed by atoms with Gasteiger partial charge in [0.15, 0.2) is 0 Å². The molecule has 6 rings (SSSR count). The predicted molar refractivity (Wildman–Crippen MR) is 153 cm³/mol. The van der Waals surface area contributed by atoms with Crippen LogP contribution in [0.4, 0.5) is 16.2 Å². The SMILES string of the molecule is CCN1C(=O)N(c2ccc(Oc3ccccc3)cc2)C(=O)C12CCN(Cc1ccc(N3CCCC3)cc1)CC2. The van der Waals surface area contributed by atoms with Crippen LogP contribution in [0, 0.1) is 0 Å². The molecule has 7 nitrogen and oxygen atoms in total. The Morgan fingerprint density at radius 3 is 2.00 bits per heavy atom. The monoisotopic (exact) mass is 524 g/mol. The van der Waals surface area contributed by atoms with Crippen molar-refractivity contribution in [1.29, 1.82) is 0 Å². The molecule has 39 heavy (non-hydrogen) atoms. The Labute approximate surface area is 230 Å². The quantitative estimate of drug-likeness (QED) is 0.360. The molecule has 1 spiro atoms. The smallest absolute Gasteiger partial charge is 0.332 e. The number of hydrogen-bond acceptors (Lipinski definition) is 5. The third-order valence-corrected chi connectivity index (χ3v) is 8.43. The van der Waals surface area contributed by atoms with Crippen LogP contribution < -0.4 is 14.5 Å². The summed E-state index contributed by atoms with van der Waals surface area (Å²) < 4.78 is 5.89. The number of nitrogens with zero attached hydrogens (tertiary/aromatic N) is 4. The van der Waals surface area contributed by atoms with Crippen LogP contribution in [-0.4, -0.2) is 60.0 Å². The highest BCUT2D eigenvalue weighted by Gasteiger charge is 2.57. The Morgan fingerprint density at radius 1 is 0.744 bits per heavy atom. The van der Waals surface area contributed by atoms with Crippen LogP contribution in [-0.2, 0) is 11.3 Å². The van der Waals surface area contributed by atoms with Gasteiger partial charge < -0.3 is 14.5 Å². The van der Waals surface area contributed by atoms with Crippen molar-refractivity contribution in [2.24, 2.45) is 0 Å². The van der Waals surface area contributed by atoms with Gasteiger partial charge in [0.25, 0.3) is 5.91 Å². The van der Waals surface area contributed by atoms with Crippen molar-refractivity contribution >= 4 is 23.3 Å². The molecule has 3 amide bonds. The molecule has 0 bridgehead atoms. The zero-order chi connectivity index (χ0) is 26.8. The average Bonchev–Trinajstić information content (AvgIpc) is 3.57. The van der Waals surface area contributed by atoms with E-state index in [4.69, 9.17) is 4.74 Å². The van der Waals surface area contributed by atoms with Gasteiger partial charge in [0.1, 0.15) is 17.0 Å². The van der Waals surface area contributed by atoms with E-state index in [-0.39, 0.29) is 11.9 Å². The predicted octanol–water partition coefficient (Wildman–Crippen LogP) is 5.90. The number of amides is 3. The number of imide groups is 1. The summed E-state index contributed by atoms with van der Waals surface area (Å²) in [5, 5.41) is 0. The maximum Gasteiger partial charge on any atom is 0.332 e. The molecule has 3 heterocycles. The molecule has 7 heteroatoms. The van der Waals surface area contributed by atoms with Crippen molar-refractivity contribution in [3.63, 3.8) is 0 Å². The Morgan fingerprint density at radius 2 is 1.36 bits per heavy atom. The zero-order valence-electron chi connectivity index (χ0n) is 22.6. The molecule has 3 aliphatic rings. The second kappa shape index (κ2) is 10.7. The Hall–Kier alpha value is -3.84. The lowest BCUT2D eigenvalue weighted by Gasteiger charge is -2.41. The summed E-state index contributed by atoms with van der Waals surface area (Å²) in [6.07, 6.45) is 3.84. The minimum Gasteiger partial charge on any atom is -0.457 e.